The third kappa shape index (κ3) is 2.20. The van der Waals surface area contributed by atoms with Crippen molar-refractivity contribution in [1.82, 2.24) is 0 Å². The zero-order valence-corrected chi connectivity index (χ0v) is 9.76. The number of nitrogens with two attached hydrogens (primary N) is 1. The first-order valence-corrected chi connectivity index (χ1v) is 5.95. The molecule has 3 heteroatoms. The molecule has 1 aromatic rings. The molecule has 0 spiro atoms. The van der Waals surface area contributed by atoms with Crippen LogP contribution in [0.1, 0.15) is 31.4 Å². The van der Waals surface area contributed by atoms with Crippen LogP contribution in [0.4, 0.5) is 5.69 Å². The molecule has 1 unspecified atom stereocenters. The molecule has 0 amide bonds. The van der Waals surface area contributed by atoms with Crippen LogP contribution in [0.5, 0.6) is 0 Å². The Morgan fingerprint density at radius 2 is 2.12 bits per heavy atom. The Kier molecular flexibility index (Phi) is 3.46. The van der Waals surface area contributed by atoms with E-state index in [1.165, 1.54) is 12.1 Å². The SMILES string of the molecule is C[C@@H](N)c1ccc(N2CCCC2CO)cc1. The van der Waals surface area contributed by atoms with Crippen LogP contribution in [0, 0.1) is 0 Å². The highest BCUT2D eigenvalue weighted by atomic mass is 16.3. The predicted molar refractivity (Wildman–Crippen MR) is 66.5 cm³/mol. The van der Waals surface area contributed by atoms with Gasteiger partial charge < -0.3 is 15.7 Å². The molecule has 3 N–H and O–H groups in total. The molecule has 2 rings (SSSR count). The van der Waals surface area contributed by atoms with Gasteiger partial charge in [-0.1, -0.05) is 12.1 Å². The van der Waals surface area contributed by atoms with Crippen LogP contribution >= 0.6 is 0 Å². The molecule has 16 heavy (non-hydrogen) atoms. The van der Waals surface area contributed by atoms with Gasteiger partial charge in [-0.15, -0.1) is 0 Å². The number of aliphatic hydroxyl groups excluding tert-OH is 1. The van der Waals surface area contributed by atoms with Crippen molar-refractivity contribution in [2.75, 3.05) is 18.1 Å². The topological polar surface area (TPSA) is 49.5 Å². The van der Waals surface area contributed by atoms with Crippen LogP contribution in [-0.4, -0.2) is 24.3 Å². The molecule has 1 aliphatic heterocycles. The third-order valence-electron chi connectivity index (χ3n) is 3.34. The fourth-order valence-corrected chi connectivity index (χ4v) is 2.33. The van der Waals surface area contributed by atoms with Gasteiger partial charge in [0.05, 0.1) is 12.6 Å². The predicted octanol–water partition coefficient (Wildman–Crippen LogP) is 1.67. The molecule has 0 radical (unpaired) electrons. The molecule has 1 heterocycles. The highest BCUT2D eigenvalue weighted by molar-refractivity contribution is 5.49. The molecule has 1 fully saturated rings. The van der Waals surface area contributed by atoms with Crippen LogP contribution < -0.4 is 10.6 Å². The first-order valence-electron chi connectivity index (χ1n) is 5.95. The van der Waals surface area contributed by atoms with Crippen molar-refractivity contribution in [1.29, 1.82) is 0 Å². The number of benzene rings is 1. The van der Waals surface area contributed by atoms with Crippen LogP contribution in [0.2, 0.25) is 0 Å². The zero-order chi connectivity index (χ0) is 11.5. The van der Waals surface area contributed by atoms with Gasteiger partial charge in [0, 0.05) is 18.3 Å². The van der Waals surface area contributed by atoms with Crippen LogP contribution in [0.3, 0.4) is 0 Å². The zero-order valence-electron chi connectivity index (χ0n) is 9.76. The van der Waals surface area contributed by atoms with Crippen molar-refractivity contribution < 1.29 is 5.11 Å². The van der Waals surface area contributed by atoms with Crippen molar-refractivity contribution in [3.05, 3.63) is 29.8 Å². The fraction of sp³-hybridized carbons (Fsp3) is 0.538. The maximum absolute atomic E-state index is 9.28. The number of anilines is 1. The van der Waals surface area contributed by atoms with Gasteiger partial charge in [0.25, 0.3) is 0 Å². The maximum atomic E-state index is 9.28. The molecular weight excluding hydrogens is 200 g/mol. The monoisotopic (exact) mass is 220 g/mol. The van der Waals surface area contributed by atoms with Crippen molar-refractivity contribution >= 4 is 5.69 Å². The van der Waals surface area contributed by atoms with E-state index in [0.29, 0.717) is 6.04 Å². The highest BCUT2D eigenvalue weighted by Crippen LogP contribution is 2.26. The fourth-order valence-electron chi connectivity index (χ4n) is 2.33. The maximum Gasteiger partial charge on any atom is 0.0635 e. The molecule has 0 bridgehead atoms. The molecular formula is C13H20N2O. The Morgan fingerprint density at radius 1 is 1.44 bits per heavy atom. The summed E-state index contributed by atoms with van der Waals surface area (Å²) < 4.78 is 0. The third-order valence-corrected chi connectivity index (χ3v) is 3.34. The molecule has 0 saturated carbocycles. The number of hydrogen-bond acceptors (Lipinski definition) is 3. The first-order chi connectivity index (χ1) is 7.72. The summed E-state index contributed by atoms with van der Waals surface area (Å²) in [6, 6.07) is 8.74. The molecule has 1 aliphatic rings. The largest absolute Gasteiger partial charge is 0.394 e. The molecule has 2 atom stereocenters. The Morgan fingerprint density at radius 3 is 2.69 bits per heavy atom. The quantitative estimate of drug-likeness (QED) is 0.814. The summed E-state index contributed by atoms with van der Waals surface area (Å²) in [5.74, 6) is 0. The lowest BCUT2D eigenvalue weighted by Crippen LogP contribution is -2.31. The van der Waals surface area contributed by atoms with Gasteiger partial charge in [-0.2, -0.15) is 0 Å². The second-order valence-electron chi connectivity index (χ2n) is 4.55. The Labute approximate surface area is 96.9 Å². The van der Waals surface area contributed by atoms with Gasteiger partial charge >= 0.3 is 0 Å². The average molecular weight is 220 g/mol. The number of aliphatic hydroxyl groups is 1. The van der Waals surface area contributed by atoms with E-state index in [-0.39, 0.29) is 12.6 Å². The summed E-state index contributed by atoms with van der Waals surface area (Å²) in [5, 5.41) is 9.28. The van der Waals surface area contributed by atoms with Gasteiger partial charge in [0.2, 0.25) is 0 Å². The van der Waals surface area contributed by atoms with E-state index in [1.54, 1.807) is 0 Å². The Bertz CT molecular complexity index is 334. The van der Waals surface area contributed by atoms with E-state index in [2.05, 4.69) is 29.2 Å². The van der Waals surface area contributed by atoms with E-state index >= 15 is 0 Å². The number of nitrogens with zero attached hydrogens (tertiary/aromatic N) is 1. The second kappa shape index (κ2) is 4.85. The molecule has 1 aromatic carbocycles. The minimum absolute atomic E-state index is 0.0845. The van der Waals surface area contributed by atoms with E-state index in [9.17, 15) is 5.11 Å². The van der Waals surface area contributed by atoms with E-state index in [4.69, 9.17) is 5.73 Å². The smallest absolute Gasteiger partial charge is 0.0635 e. The molecule has 88 valence electrons. The highest BCUT2D eigenvalue weighted by Gasteiger charge is 2.23. The standard InChI is InChI=1S/C13H20N2O/c1-10(14)11-4-6-12(7-5-11)15-8-2-3-13(15)9-16/h4-7,10,13,16H,2-3,8-9,14H2,1H3/t10-,13?/m1/s1. The summed E-state index contributed by atoms with van der Waals surface area (Å²) in [6.45, 7) is 3.28. The van der Waals surface area contributed by atoms with Crippen molar-refractivity contribution in [3.63, 3.8) is 0 Å². The van der Waals surface area contributed by atoms with Gasteiger partial charge in [0.15, 0.2) is 0 Å². The van der Waals surface area contributed by atoms with Crippen LogP contribution in [0.25, 0.3) is 0 Å². The summed E-state index contributed by atoms with van der Waals surface area (Å²) in [5.41, 5.74) is 8.17. The minimum Gasteiger partial charge on any atom is -0.394 e. The Balaban J connectivity index is 2.15. The van der Waals surface area contributed by atoms with Gasteiger partial charge in [-0.05, 0) is 37.5 Å². The van der Waals surface area contributed by atoms with Gasteiger partial charge in [-0.3, -0.25) is 0 Å². The van der Waals surface area contributed by atoms with Crippen LogP contribution in [-0.2, 0) is 0 Å². The molecule has 3 nitrogen and oxygen atoms in total. The van der Waals surface area contributed by atoms with Crippen molar-refractivity contribution in [2.45, 2.75) is 31.8 Å². The normalized spacial score (nSPS) is 22.4. The lowest BCUT2D eigenvalue weighted by atomic mass is 10.1. The minimum atomic E-state index is 0.0845. The van der Waals surface area contributed by atoms with E-state index in [1.807, 2.05) is 6.92 Å². The number of rotatable bonds is 3. The average Bonchev–Trinajstić information content (AvgIpc) is 2.77. The lowest BCUT2D eigenvalue weighted by Gasteiger charge is -2.25. The van der Waals surface area contributed by atoms with Crippen LogP contribution in [0.15, 0.2) is 24.3 Å². The molecule has 1 saturated heterocycles. The van der Waals surface area contributed by atoms with E-state index < -0.39 is 0 Å². The lowest BCUT2D eigenvalue weighted by molar-refractivity contribution is 0.266. The molecule has 0 aliphatic carbocycles. The van der Waals surface area contributed by atoms with Crippen molar-refractivity contribution in [3.8, 4) is 0 Å². The van der Waals surface area contributed by atoms with E-state index in [0.717, 1.165) is 18.5 Å². The summed E-state index contributed by atoms with van der Waals surface area (Å²) >= 11 is 0. The summed E-state index contributed by atoms with van der Waals surface area (Å²) in [7, 11) is 0. The Hall–Kier alpha value is -1.06. The molecule has 0 aromatic heterocycles. The summed E-state index contributed by atoms with van der Waals surface area (Å²) in [6.07, 6.45) is 2.26. The second-order valence-corrected chi connectivity index (χ2v) is 4.55. The first kappa shape index (κ1) is 11.4. The van der Waals surface area contributed by atoms with Crippen molar-refractivity contribution in [2.24, 2.45) is 5.73 Å². The summed E-state index contributed by atoms with van der Waals surface area (Å²) in [4.78, 5) is 2.28. The van der Waals surface area contributed by atoms with Gasteiger partial charge in [0.1, 0.15) is 0 Å². The van der Waals surface area contributed by atoms with Gasteiger partial charge in [-0.25, -0.2) is 0 Å². The number of hydrogen-bond donors (Lipinski definition) is 2.